The molecule has 0 saturated carbocycles. The summed E-state index contributed by atoms with van der Waals surface area (Å²) in [5.74, 6) is -1.15. The maximum Gasteiger partial charge on any atom is 0.254 e. The van der Waals surface area contributed by atoms with Crippen molar-refractivity contribution >= 4 is 23.3 Å². The number of benzene rings is 1. The lowest BCUT2D eigenvalue weighted by atomic mass is 10.2. The van der Waals surface area contributed by atoms with Gasteiger partial charge in [-0.2, -0.15) is 0 Å². The number of anilines is 1. The molecule has 2 rings (SSSR count). The zero-order valence-electron chi connectivity index (χ0n) is 10.8. The molecule has 20 heavy (non-hydrogen) atoms. The Morgan fingerprint density at radius 1 is 1.35 bits per heavy atom. The molecule has 2 aromatic rings. The van der Waals surface area contributed by atoms with Gasteiger partial charge in [-0.15, -0.1) is 0 Å². The van der Waals surface area contributed by atoms with E-state index in [0.717, 1.165) is 5.56 Å². The maximum absolute atomic E-state index is 13.9. The van der Waals surface area contributed by atoms with Crippen LogP contribution in [0.5, 0.6) is 0 Å². The summed E-state index contributed by atoms with van der Waals surface area (Å²) in [6.07, 6.45) is 1.37. The number of amides is 1. The standard InChI is InChI=1S/C14H13ClFN3O/c1-17-13-12(16)10(6-7-18-13)14(20)19-8-9-4-2-3-5-11(9)15/h2-7H,8H2,1H3,(H,17,18)(H,19,20). The lowest BCUT2D eigenvalue weighted by Crippen LogP contribution is -2.24. The van der Waals surface area contributed by atoms with Crippen molar-refractivity contribution in [1.29, 1.82) is 0 Å². The molecule has 0 unspecified atom stereocenters. The fourth-order valence-electron chi connectivity index (χ4n) is 1.71. The van der Waals surface area contributed by atoms with Crippen molar-refractivity contribution in [1.82, 2.24) is 10.3 Å². The van der Waals surface area contributed by atoms with Gasteiger partial charge in [0.1, 0.15) is 0 Å². The third-order valence-electron chi connectivity index (χ3n) is 2.77. The third-order valence-corrected chi connectivity index (χ3v) is 3.14. The number of nitrogens with zero attached hydrogens (tertiary/aromatic N) is 1. The number of hydrogen-bond donors (Lipinski definition) is 2. The Kier molecular flexibility index (Phi) is 4.53. The minimum absolute atomic E-state index is 0.0374. The molecule has 0 bridgehead atoms. The van der Waals surface area contributed by atoms with E-state index in [1.54, 1.807) is 18.2 Å². The molecule has 0 radical (unpaired) electrons. The van der Waals surface area contributed by atoms with Crippen LogP contribution in [0, 0.1) is 5.82 Å². The fourth-order valence-corrected chi connectivity index (χ4v) is 1.91. The van der Waals surface area contributed by atoms with Crippen LogP contribution in [0.1, 0.15) is 15.9 Å². The number of nitrogens with one attached hydrogen (secondary N) is 2. The van der Waals surface area contributed by atoms with Crippen LogP contribution in [0.15, 0.2) is 36.5 Å². The van der Waals surface area contributed by atoms with E-state index < -0.39 is 11.7 Å². The van der Waals surface area contributed by atoms with Gasteiger partial charge in [0.25, 0.3) is 5.91 Å². The third kappa shape index (κ3) is 3.05. The monoisotopic (exact) mass is 293 g/mol. The summed E-state index contributed by atoms with van der Waals surface area (Å²) >= 11 is 5.99. The molecule has 1 aromatic heterocycles. The molecular formula is C14H13ClFN3O. The van der Waals surface area contributed by atoms with Crippen molar-refractivity contribution in [2.45, 2.75) is 6.54 Å². The number of rotatable bonds is 4. The van der Waals surface area contributed by atoms with Crippen molar-refractivity contribution in [2.24, 2.45) is 0 Å². The van der Waals surface area contributed by atoms with Gasteiger partial charge in [-0.05, 0) is 17.7 Å². The molecule has 1 amide bonds. The van der Waals surface area contributed by atoms with Crippen molar-refractivity contribution in [2.75, 3.05) is 12.4 Å². The van der Waals surface area contributed by atoms with E-state index in [4.69, 9.17) is 11.6 Å². The van der Waals surface area contributed by atoms with Gasteiger partial charge in [0.05, 0.1) is 5.56 Å². The largest absolute Gasteiger partial charge is 0.371 e. The van der Waals surface area contributed by atoms with Gasteiger partial charge in [-0.1, -0.05) is 29.8 Å². The molecule has 0 aliphatic carbocycles. The highest BCUT2D eigenvalue weighted by Crippen LogP contribution is 2.16. The first kappa shape index (κ1) is 14.3. The number of carbonyl (C=O) groups is 1. The Hall–Kier alpha value is -2.14. The van der Waals surface area contributed by atoms with Crippen LogP contribution in [-0.2, 0) is 6.54 Å². The van der Waals surface area contributed by atoms with Gasteiger partial charge in [0, 0.05) is 24.8 Å². The Bertz CT molecular complexity index is 634. The Morgan fingerprint density at radius 3 is 2.80 bits per heavy atom. The molecule has 0 fully saturated rings. The fraction of sp³-hybridized carbons (Fsp3) is 0.143. The Balaban J connectivity index is 2.12. The minimum atomic E-state index is -0.674. The second-order valence-electron chi connectivity index (χ2n) is 4.05. The molecule has 0 spiro atoms. The Labute approximate surface area is 121 Å². The van der Waals surface area contributed by atoms with Crippen LogP contribution in [-0.4, -0.2) is 17.9 Å². The van der Waals surface area contributed by atoms with E-state index in [1.165, 1.54) is 19.3 Å². The van der Waals surface area contributed by atoms with Crippen LogP contribution in [0.25, 0.3) is 0 Å². The first-order valence-electron chi connectivity index (χ1n) is 5.97. The second kappa shape index (κ2) is 6.34. The summed E-state index contributed by atoms with van der Waals surface area (Å²) in [5, 5.41) is 5.77. The number of halogens is 2. The number of aromatic nitrogens is 1. The summed E-state index contributed by atoms with van der Waals surface area (Å²) in [5.41, 5.74) is 0.710. The average Bonchev–Trinajstić information content (AvgIpc) is 2.46. The first-order chi connectivity index (χ1) is 9.63. The van der Waals surface area contributed by atoms with Gasteiger partial charge in [-0.3, -0.25) is 4.79 Å². The molecule has 4 nitrogen and oxygen atoms in total. The SMILES string of the molecule is CNc1nccc(C(=O)NCc2ccccc2Cl)c1F. The van der Waals surface area contributed by atoms with Crippen molar-refractivity contribution < 1.29 is 9.18 Å². The molecular weight excluding hydrogens is 281 g/mol. The van der Waals surface area contributed by atoms with Gasteiger partial charge in [-0.25, -0.2) is 9.37 Å². The molecule has 0 aliphatic heterocycles. The lowest BCUT2D eigenvalue weighted by molar-refractivity contribution is 0.0947. The summed E-state index contributed by atoms with van der Waals surface area (Å²) in [6, 6.07) is 8.48. The Morgan fingerprint density at radius 2 is 2.10 bits per heavy atom. The molecule has 1 heterocycles. The molecule has 1 aromatic carbocycles. The minimum Gasteiger partial charge on any atom is -0.371 e. The van der Waals surface area contributed by atoms with Gasteiger partial charge >= 0.3 is 0 Å². The van der Waals surface area contributed by atoms with Crippen LogP contribution < -0.4 is 10.6 Å². The van der Waals surface area contributed by atoms with Crippen molar-refractivity contribution in [3.8, 4) is 0 Å². The van der Waals surface area contributed by atoms with Crippen LogP contribution >= 0.6 is 11.6 Å². The highest BCUT2D eigenvalue weighted by atomic mass is 35.5. The number of carbonyl (C=O) groups excluding carboxylic acids is 1. The predicted molar refractivity (Wildman–Crippen MR) is 76.4 cm³/mol. The summed E-state index contributed by atoms with van der Waals surface area (Å²) in [4.78, 5) is 15.8. The van der Waals surface area contributed by atoms with Crippen molar-refractivity contribution in [3.63, 3.8) is 0 Å². The van der Waals surface area contributed by atoms with E-state index in [1.807, 2.05) is 6.07 Å². The van der Waals surface area contributed by atoms with Crippen LogP contribution in [0.3, 0.4) is 0 Å². The number of hydrogen-bond acceptors (Lipinski definition) is 3. The molecule has 104 valence electrons. The topological polar surface area (TPSA) is 54.0 Å². The predicted octanol–water partition coefficient (Wildman–Crippen LogP) is 2.85. The van der Waals surface area contributed by atoms with E-state index >= 15 is 0 Å². The molecule has 6 heteroatoms. The molecule has 0 atom stereocenters. The maximum atomic E-state index is 13.9. The van der Waals surface area contributed by atoms with E-state index in [9.17, 15) is 9.18 Å². The van der Waals surface area contributed by atoms with E-state index in [0.29, 0.717) is 5.02 Å². The number of pyridine rings is 1. The molecule has 2 N–H and O–H groups in total. The van der Waals surface area contributed by atoms with E-state index in [2.05, 4.69) is 15.6 Å². The van der Waals surface area contributed by atoms with Gasteiger partial charge in [0.15, 0.2) is 11.6 Å². The zero-order chi connectivity index (χ0) is 14.5. The highest BCUT2D eigenvalue weighted by Gasteiger charge is 2.15. The lowest BCUT2D eigenvalue weighted by Gasteiger charge is -2.09. The highest BCUT2D eigenvalue weighted by molar-refractivity contribution is 6.31. The van der Waals surface area contributed by atoms with E-state index in [-0.39, 0.29) is 17.9 Å². The van der Waals surface area contributed by atoms with Crippen molar-refractivity contribution in [3.05, 3.63) is 58.5 Å². The summed E-state index contributed by atoms with van der Waals surface area (Å²) in [7, 11) is 1.54. The summed E-state index contributed by atoms with van der Waals surface area (Å²) in [6.45, 7) is 0.231. The van der Waals surface area contributed by atoms with Gasteiger partial charge in [0.2, 0.25) is 0 Å². The van der Waals surface area contributed by atoms with Crippen LogP contribution in [0.4, 0.5) is 10.2 Å². The second-order valence-corrected chi connectivity index (χ2v) is 4.45. The first-order valence-corrected chi connectivity index (χ1v) is 6.35. The molecule has 0 aliphatic rings. The van der Waals surface area contributed by atoms with Crippen LogP contribution in [0.2, 0.25) is 5.02 Å². The summed E-state index contributed by atoms with van der Waals surface area (Å²) < 4.78 is 13.9. The normalized spacial score (nSPS) is 10.2. The van der Waals surface area contributed by atoms with Gasteiger partial charge < -0.3 is 10.6 Å². The smallest absolute Gasteiger partial charge is 0.254 e. The molecule has 0 saturated heterocycles. The average molecular weight is 294 g/mol. The zero-order valence-corrected chi connectivity index (χ0v) is 11.5. The quantitative estimate of drug-likeness (QED) is 0.911.